The Morgan fingerprint density at radius 1 is 1.25 bits per heavy atom. The zero-order chi connectivity index (χ0) is 20.2. The molecule has 1 heterocycles. The maximum Gasteiger partial charge on any atom is 0.305 e. The number of allylic oxidation sites excluding steroid dienone is 1. The van der Waals surface area contributed by atoms with Gasteiger partial charge in [0, 0.05) is 25.9 Å². The van der Waals surface area contributed by atoms with Crippen molar-refractivity contribution in [2.75, 3.05) is 20.8 Å². The Morgan fingerprint density at radius 3 is 2.75 bits per heavy atom. The summed E-state index contributed by atoms with van der Waals surface area (Å²) in [5, 5.41) is 10.5. The SMILES string of the molecule is COC(=O)CCCCC=CC1C(O)CC(OC)OC1COCc1ccccc1. The number of aliphatic hydroxyl groups is 1. The fourth-order valence-electron chi connectivity index (χ4n) is 3.25. The number of hydrogen-bond acceptors (Lipinski definition) is 6. The smallest absolute Gasteiger partial charge is 0.305 e. The minimum absolute atomic E-state index is 0.150. The van der Waals surface area contributed by atoms with Crippen molar-refractivity contribution in [2.45, 2.75) is 57.2 Å². The Bertz CT molecular complexity index is 588. The third-order valence-electron chi connectivity index (χ3n) is 4.88. The van der Waals surface area contributed by atoms with Gasteiger partial charge in [-0.15, -0.1) is 0 Å². The zero-order valence-electron chi connectivity index (χ0n) is 16.8. The standard InChI is InChI=1S/C22H32O6/c1-25-21(24)13-9-4-3-8-12-18-19(23)14-22(26-2)28-20(18)16-27-15-17-10-6-5-7-11-17/h5-8,10-12,18-20,22-23H,3-4,9,13-16H2,1-2H3. The number of ether oxygens (including phenoxy) is 4. The van der Waals surface area contributed by atoms with E-state index in [0.29, 0.717) is 26.1 Å². The maximum atomic E-state index is 11.1. The van der Waals surface area contributed by atoms with Gasteiger partial charge in [0.15, 0.2) is 6.29 Å². The number of esters is 1. The molecule has 1 N–H and O–H groups in total. The summed E-state index contributed by atoms with van der Waals surface area (Å²) in [6.45, 7) is 0.877. The van der Waals surface area contributed by atoms with Crippen molar-refractivity contribution in [3.63, 3.8) is 0 Å². The molecular weight excluding hydrogens is 360 g/mol. The van der Waals surface area contributed by atoms with Crippen LogP contribution in [0.5, 0.6) is 0 Å². The summed E-state index contributed by atoms with van der Waals surface area (Å²) in [5.74, 6) is -0.330. The Kier molecular flexibility index (Phi) is 10.2. The number of unbranched alkanes of at least 4 members (excludes halogenated alkanes) is 2. The van der Waals surface area contributed by atoms with Gasteiger partial charge in [0.25, 0.3) is 0 Å². The largest absolute Gasteiger partial charge is 0.469 e. The van der Waals surface area contributed by atoms with Crippen molar-refractivity contribution < 1.29 is 28.8 Å². The lowest BCUT2D eigenvalue weighted by molar-refractivity contribution is -0.230. The van der Waals surface area contributed by atoms with E-state index in [1.807, 2.05) is 42.5 Å². The van der Waals surface area contributed by atoms with Crippen molar-refractivity contribution in [1.82, 2.24) is 0 Å². The minimum Gasteiger partial charge on any atom is -0.469 e. The third kappa shape index (κ3) is 7.72. The molecule has 0 saturated carbocycles. The van der Waals surface area contributed by atoms with Gasteiger partial charge in [0.1, 0.15) is 0 Å². The first-order valence-corrected chi connectivity index (χ1v) is 9.85. The van der Waals surface area contributed by atoms with E-state index < -0.39 is 12.4 Å². The van der Waals surface area contributed by atoms with Crippen molar-refractivity contribution in [3.05, 3.63) is 48.0 Å². The predicted octanol–water partition coefficient (Wildman–Crippen LogP) is 3.23. The Labute approximate surface area is 167 Å². The van der Waals surface area contributed by atoms with Crippen LogP contribution in [-0.4, -0.2) is 50.4 Å². The van der Waals surface area contributed by atoms with E-state index in [-0.39, 0.29) is 18.0 Å². The summed E-state index contributed by atoms with van der Waals surface area (Å²) in [6.07, 6.45) is 6.20. The van der Waals surface area contributed by atoms with Crippen LogP contribution in [0.1, 0.15) is 37.7 Å². The summed E-state index contributed by atoms with van der Waals surface area (Å²) >= 11 is 0. The minimum atomic E-state index is -0.546. The van der Waals surface area contributed by atoms with Crippen LogP contribution in [-0.2, 0) is 30.3 Å². The number of carbonyl (C=O) groups is 1. The van der Waals surface area contributed by atoms with Gasteiger partial charge in [-0.2, -0.15) is 0 Å². The summed E-state index contributed by atoms with van der Waals surface area (Å²) in [4.78, 5) is 11.1. The van der Waals surface area contributed by atoms with E-state index in [2.05, 4.69) is 4.74 Å². The molecule has 1 saturated heterocycles. The third-order valence-corrected chi connectivity index (χ3v) is 4.88. The fourth-order valence-corrected chi connectivity index (χ4v) is 3.25. The van der Waals surface area contributed by atoms with Crippen LogP contribution >= 0.6 is 0 Å². The number of carbonyl (C=O) groups excluding carboxylic acids is 1. The van der Waals surface area contributed by atoms with Crippen LogP contribution in [0, 0.1) is 5.92 Å². The van der Waals surface area contributed by atoms with E-state index in [9.17, 15) is 9.90 Å². The first-order chi connectivity index (χ1) is 13.6. The van der Waals surface area contributed by atoms with Crippen molar-refractivity contribution in [1.29, 1.82) is 0 Å². The summed E-state index contributed by atoms with van der Waals surface area (Å²) in [5.41, 5.74) is 1.10. The van der Waals surface area contributed by atoms with Crippen molar-refractivity contribution in [3.8, 4) is 0 Å². The number of methoxy groups -OCH3 is 2. The molecule has 2 rings (SSSR count). The second kappa shape index (κ2) is 12.7. The second-order valence-electron chi connectivity index (χ2n) is 6.97. The monoisotopic (exact) mass is 392 g/mol. The molecule has 28 heavy (non-hydrogen) atoms. The molecule has 0 bridgehead atoms. The van der Waals surface area contributed by atoms with E-state index in [1.54, 1.807) is 7.11 Å². The average molecular weight is 392 g/mol. The Morgan fingerprint density at radius 2 is 2.04 bits per heavy atom. The number of hydrogen-bond donors (Lipinski definition) is 1. The van der Waals surface area contributed by atoms with Gasteiger partial charge in [-0.25, -0.2) is 0 Å². The van der Waals surface area contributed by atoms with Gasteiger partial charge in [-0.05, 0) is 24.8 Å². The highest BCUT2D eigenvalue weighted by atomic mass is 16.7. The van der Waals surface area contributed by atoms with Gasteiger partial charge in [-0.3, -0.25) is 4.79 Å². The second-order valence-corrected chi connectivity index (χ2v) is 6.97. The lowest BCUT2D eigenvalue weighted by Crippen LogP contribution is -2.46. The molecule has 156 valence electrons. The Hall–Kier alpha value is -1.73. The molecule has 1 aromatic rings. The van der Waals surface area contributed by atoms with Crippen LogP contribution in [0.15, 0.2) is 42.5 Å². The Balaban J connectivity index is 1.83. The molecule has 1 aromatic carbocycles. The van der Waals surface area contributed by atoms with Crippen LogP contribution in [0.25, 0.3) is 0 Å². The molecule has 1 fully saturated rings. The normalized spacial score (nSPS) is 25.1. The molecule has 1 aliphatic heterocycles. The summed E-state index contributed by atoms with van der Waals surface area (Å²) in [6, 6.07) is 9.96. The highest BCUT2D eigenvalue weighted by molar-refractivity contribution is 5.68. The first kappa shape index (κ1) is 22.6. The number of rotatable bonds is 11. The molecule has 6 heteroatoms. The van der Waals surface area contributed by atoms with Gasteiger partial charge in [0.05, 0.1) is 32.5 Å². The molecule has 0 amide bonds. The van der Waals surface area contributed by atoms with Crippen LogP contribution < -0.4 is 0 Å². The molecule has 4 unspecified atom stereocenters. The average Bonchev–Trinajstić information content (AvgIpc) is 2.72. The fraction of sp³-hybridized carbons (Fsp3) is 0.591. The van der Waals surface area contributed by atoms with Crippen LogP contribution in [0.3, 0.4) is 0 Å². The predicted molar refractivity (Wildman–Crippen MR) is 106 cm³/mol. The lowest BCUT2D eigenvalue weighted by Gasteiger charge is -2.37. The molecule has 4 atom stereocenters. The van der Waals surface area contributed by atoms with E-state index in [0.717, 1.165) is 24.8 Å². The summed E-state index contributed by atoms with van der Waals surface area (Å²) in [7, 11) is 2.98. The first-order valence-electron chi connectivity index (χ1n) is 9.85. The maximum absolute atomic E-state index is 11.1. The highest BCUT2D eigenvalue weighted by Gasteiger charge is 2.36. The van der Waals surface area contributed by atoms with Crippen molar-refractivity contribution in [2.24, 2.45) is 5.92 Å². The van der Waals surface area contributed by atoms with Crippen LogP contribution in [0.2, 0.25) is 0 Å². The number of aliphatic hydroxyl groups excluding tert-OH is 1. The van der Waals surface area contributed by atoms with E-state index >= 15 is 0 Å². The van der Waals surface area contributed by atoms with Crippen molar-refractivity contribution >= 4 is 5.97 Å². The molecular formula is C22H32O6. The van der Waals surface area contributed by atoms with E-state index in [4.69, 9.17) is 14.2 Å². The van der Waals surface area contributed by atoms with Crippen LogP contribution in [0.4, 0.5) is 0 Å². The summed E-state index contributed by atoms with van der Waals surface area (Å²) < 4.78 is 21.7. The van der Waals surface area contributed by atoms with E-state index in [1.165, 1.54) is 7.11 Å². The molecule has 0 aromatic heterocycles. The lowest BCUT2D eigenvalue weighted by atomic mass is 9.90. The quantitative estimate of drug-likeness (QED) is 0.354. The number of benzene rings is 1. The highest BCUT2D eigenvalue weighted by Crippen LogP contribution is 2.28. The van der Waals surface area contributed by atoms with Gasteiger partial charge >= 0.3 is 5.97 Å². The van der Waals surface area contributed by atoms with Gasteiger partial charge in [0.2, 0.25) is 0 Å². The zero-order valence-corrected chi connectivity index (χ0v) is 16.8. The molecule has 6 nitrogen and oxygen atoms in total. The molecule has 0 radical (unpaired) electrons. The van der Waals surface area contributed by atoms with Gasteiger partial charge in [-0.1, -0.05) is 42.5 Å². The topological polar surface area (TPSA) is 74.2 Å². The van der Waals surface area contributed by atoms with Gasteiger partial charge < -0.3 is 24.1 Å². The molecule has 0 spiro atoms. The molecule has 0 aliphatic carbocycles. The molecule has 1 aliphatic rings.